The molecule has 0 spiro atoms. The molecule has 0 atom stereocenters. The number of aromatic nitrogens is 4. The van der Waals surface area contributed by atoms with E-state index < -0.39 is 0 Å². The van der Waals surface area contributed by atoms with E-state index in [4.69, 9.17) is 6.42 Å². The summed E-state index contributed by atoms with van der Waals surface area (Å²) in [4.78, 5) is 12.9. The lowest BCUT2D eigenvalue weighted by molar-refractivity contribution is 0.0773. The zero-order chi connectivity index (χ0) is 9.68. The van der Waals surface area contributed by atoms with Crippen LogP contribution in [0.4, 0.5) is 0 Å². The first-order chi connectivity index (χ1) is 6.29. The lowest BCUT2D eigenvalue weighted by Gasteiger charge is -2.14. The Morgan fingerprint density at radius 2 is 2.54 bits per heavy atom. The molecule has 0 fully saturated rings. The van der Waals surface area contributed by atoms with Gasteiger partial charge in [0.25, 0.3) is 11.7 Å². The van der Waals surface area contributed by atoms with Crippen molar-refractivity contribution in [2.45, 2.75) is 6.92 Å². The van der Waals surface area contributed by atoms with E-state index in [0.717, 1.165) is 0 Å². The van der Waals surface area contributed by atoms with Gasteiger partial charge in [0.15, 0.2) is 0 Å². The Hall–Kier alpha value is -1.90. The maximum Gasteiger partial charge on any atom is 0.296 e. The lowest BCUT2D eigenvalue weighted by atomic mass is 10.4. The molecule has 1 rings (SSSR count). The van der Waals surface area contributed by atoms with Crippen LogP contribution in [0.25, 0.3) is 0 Å². The minimum Gasteiger partial charge on any atom is -0.325 e. The van der Waals surface area contributed by atoms with Gasteiger partial charge < -0.3 is 4.90 Å². The number of nitrogens with one attached hydrogen (secondary N) is 1. The molecule has 1 heterocycles. The van der Waals surface area contributed by atoms with Crippen LogP contribution in [0.3, 0.4) is 0 Å². The number of rotatable bonds is 3. The summed E-state index contributed by atoms with van der Waals surface area (Å²) in [6, 6.07) is 0. The van der Waals surface area contributed by atoms with Crippen LogP contribution in [0, 0.1) is 12.3 Å². The highest BCUT2D eigenvalue weighted by Crippen LogP contribution is 1.95. The summed E-state index contributed by atoms with van der Waals surface area (Å²) < 4.78 is 0. The number of aromatic amines is 1. The van der Waals surface area contributed by atoms with Gasteiger partial charge in [0.1, 0.15) is 0 Å². The summed E-state index contributed by atoms with van der Waals surface area (Å²) in [5.74, 6) is 2.11. The van der Waals surface area contributed by atoms with Gasteiger partial charge in [0.05, 0.1) is 6.54 Å². The average molecular weight is 179 g/mol. The van der Waals surface area contributed by atoms with E-state index in [2.05, 4.69) is 26.5 Å². The van der Waals surface area contributed by atoms with E-state index in [0.29, 0.717) is 6.54 Å². The maximum atomic E-state index is 11.5. The summed E-state index contributed by atoms with van der Waals surface area (Å²) in [6.45, 7) is 2.61. The smallest absolute Gasteiger partial charge is 0.296 e. The summed E-state index contributed by atoms with van der Waals surface area (Å²) in [6.07, 6.45) is 5.09. The number of hydrogen-bond donors (Lipinski definition) is 1. The molecule has 6 heteroatoms. The standard InChI is InChI=1S/C7H9N5O/c1-3-5-12(4-2)7(13)6-8-10-11-9-6/h1H,4-5H2,2H3,(H,8,9,10,11). The van der Waals surface area contributed by atoms with Crippen LogP contribution in [0.5, 0.6) is 0 Å². The first-order valence-electron chi connectivity index (χ1n) is 3.75. The second-order valence-corrected chi connectivity index (χ2v) is 2.26. The van der Waals surface area contributed by atoms with Crippen molar-refractivity contribution < 1.29 is 4.79 Å². The number of carbonyl (C=O) groups excluding carboxylic acids is 1. The molecule has 1 N–H and O–H groups in total. The number of carbonyl (C=O) groups is 1. The minimum absolute atomic E-state index is 0.0390. The fraction of sp³-hybridized carbons (Fsp3) is 0.429. The molecule has 68 valence electrons. The third-order valence-corrected chi connectivity index (χ3v) is 1.49. The molecule has 1 amide bonds. The first kappa shape index (κ1) is 9.19. The number of nitrogens with zero attached hydrogens (tertiary/aromatic N) is 4. The fourth-order valence-electron chi connectivity index (χ4n) is 0.831. The number of terminal acetylenes is 1. The summed E-state index contributed by atoms with van der Waals surface area (Å²) >= 11 is 0. The van der Waals surface area contributed by atoms with Crippen molar-refractivity contribution >= 4 is 5.91 Å². The van der Waals surface area contributed by atoms with Crippen molar-refractivity contribution in [3.05, 3.63) is 5.82 Å². The highest BCUT2D eigenvalue weighted by atomic mass is 16.2. The predicted octanol–water partition coefficient (Wildman–Crippen LogP) is -0.705. The van der Waals surface area contributed by atoms with Crippen molar-refractivity contribution in [2.75, 3.05) is 13.1 Å². The van der Waals surface area contributed by atoms with Crippen molar-refractivity contribution in [1.82, 2.24) is 25.5 Å². The van der Waals surface area contributed by atoms with Crippen molar-refractivity contribution in [3.8, 4) is 12.3 Å². The molecule has 0 saturated carbocycles. The van der Waals surface area contributed by atoms with Crippen LogP contribution in [-0.2, 0) is 0 Å². The molecule has 0 saturated heterocycles. The normalized spacial score (nSPS) is 9.23. The van der Waals surface area contributed by atoms with Crippen LogP contribution < -0.4 is 0 Å². The molecule has 0 aliphatic carbocycles. The van der Waals surface area contributed by atoms with E-state index in [9.17, 15) is 4.79 Å². The Morgan fingerprint density at radius 3 is 3.00 bits per heavy atom. The average Bonchev–Trinajstić information content (AvgIpc) is 2.65. The van der Waals surface area contributed by atoms with Gasteiger partial charge in [-0.3, -0.25) is 4.79 Å². The molecule has 13 heavy (non-hydrogen) atoms. The van der Waals surface area contributed by atoms with E-state index in [1.807, 2.05) is 6.92 Å². The summed E-state index contributed by atoms with van der Waals surface area (Å²) in [5.41, 5.74) is 0. The Bertz CT molecular complexity index is 312. The van der Waals surface area contributed by atoms with Gasteiger partial charge in [-0.2, -0.15) is 5.21 Å². The molecule has 1 aromatic rings. The van der Waals surface area contributed by atoms with E-state index >= 15 is 0 Å². The first-order valence-corrected chi connectivity index (χ1v) is 3.75. The quantitative estimate of drug-likeness (QED) is 0.622. The Kier molecular flexibility index (Phi) is 2.97. The molecular weight excluding hydrogens is 170 g/mol. The molecule has 0 radical (unpaired) electrons. The number of amides is 1. The van der Waals surface area contributed by atoms with Crippen LogP contribution in [0.2, 0.25) is 0 Å². The van der Waals surface area contributed by atoms with Gasteiger partial charge in [-0.15, -0.1) is 16.6 Å². The number of tetrazole rings is 1. The zero-order valence-corrected chi connectivity index (χ0v) is 7.19. The van der Waals surface area contributed by atoms with Crippen LogP contribution >= 0.6 is 0 Å². The fourth-order valence-corrected chi connectivity index (χ4v) is 0.831. The SMILES string of the molecule is C#CCN(CC)C(=O)c1nn[nH]n1. The van der Waals surface area contributed by atoms with Crippen molar-refractivity contribution in [1.29, 1.82) is 0 Å². The lowest BCUT2D eigenvalue weighted by Crippen LogP contribution is -2.31. The second kappa shape index (κ2) is 4.21. The third kappa shape index (κ3) is 2.02. The Balaban J connectivity index is 2.72. The van der Waals surface area contributed by atoms with E-state index in [1.165, 1.54) is 4.90 Å². The van der Waals surface area contributed by atoms with Crippen LogP contribution in [-0.4, -0.2) is 44.5 Å². The van der Waals surface area contributed by atoms with Gasteiger partial charge in [-0.05, 0) is 12.1 Å². The van der Waals surface area contributed by atoms with Gasteiger partial charge >= 0.3 is 0 Å². The molecule has 0 unspecified atom stereocenters. The third-order valence-electron chi connectivity index (χ3n) is 1.49. The maximum absolute atomic E-state index is 11.5. The Morgan fingerprint density at radius 1 is 1.77 bits per heavy atom. The topological polar surface area (TPSA) is 74.8 Å². The predicted molar refractivity (Wildman–Crippen MR) is 44.6 cm³/mol. The molecule has 0 aromatic carbocycles. The van der Waals surface area contributed by atoms with Gasteiger partial charge in [0, 0.05) is 6.54 Å². The molecular formula is C7H9N5O. The van der Waals surface area contributed by atoms with E-state index in [1.54, 1.807) is 0 Å². The molecule has 0 bridgehead atoms. The zero-order valence-electron chi connectivity index (χ0n) is 7.19. The summed E-state index contributed by atoms with van der Waals surface area (Å²) in [7, 11) is 0. The van der Waals surface area contributed by atoms with Crippen molar-refractivity contribution in [3.63, 3.8) is 0 Å². The minimum atomic E-state index is -0.311. The summed E-state index contributed by atoms with van der Waals surface area (Å²) in [5, 5.41) is 12.6. The molecule has 6 nitrogen and oxygen atoms in total. The van der Waals surface area contributed by atoms with Crippen molar-refractivity contribution in [2.24, 2.45) is 0 Å². The highest BCUT2D eigenvalue weighted by molar-refractivity contribution is 5.90. The van der Waals surface area contributed by atoms with Gasteiger partial charge in [0.2, 0.25) is 0 Å². The highest BCUT2D eigenvalue weighted by Gasteiger charge is 2.16. The number of H-pyrrole nitrogens is 1. The number of hydrogen-bond acceptors (Lipinski definition) is 4. The largest absolute Gasteiger partial charge is 0.325 e. The molecule has 1 aromatic heterocycles. The Labute approximate surface area is 75.3 Å². The van der Waals surface area contributed by atoms with E-state index in [-0.39, 0.29) is 18.3 Å². The second-order valence-electron chi connectivity index (χ2n) is 2.26. The van der Waals surface area contributed by atoms with Gasteiger partial charge in [-0.25, -0.2) is 0 Å². The van der Waals surface area contributed by atoms with Crippen LogP contribution in [0.1, 0.15) is 17.5 Å². The monoisotopic (exact) mass is 179 g/mol. The molecule has 0 aliphatic rings. The van der Waals surface area contributed by atoms with Crippen LogP contribution in [0.15, 0.2) is 0 Å². The molecule has 0 aliphatic heterocycles. The van der Waals surface area contributed by atoms with Gasteiger partial charge in [-0.1, -0.05) is 5.92 Å².